The smallest absolute Gasteiger partial charge is 0.306 e. The van der Waals surface area contributed by atoms with Crippen molar-refractivity contribution in [1.82, 2.24) is 10.2 Å². The van der Waals surface area contributed by atoms with Crippen LogP contribution in [-0.2, 0) is 4.79 Å². The molecule has 0 amide bonds. The van der Waals surface area contributed by atoms with E-state index < -0.39 is 5.97 Å². The number of anilines is 1. The van der Waals surface area contributed by atoms with E-state index in [0.717, 1.165) is 31.5 Å². The number of hydrogen-bond donors (Lipinski definition) is 2. The van der Waals surface area contributed by atoms with Crippen molar-refractivity contribution in [1.29, 1.82) is 0 Å². The van der Waals surface area contributed by atoms with E-state index in [1.807, 2.05) is 12.1 Å². The van der Waals surface area contributed by atoms with Crippen molar-refractivity contribution in [3.8, 4) is 0 Å². The van der Waals surface area contributed by atoms with E-state index in [4.69, 9.17) is 5.11 Å². The van der Waals surface area contributed by atoms with Gasteiger partial charge in [-0.2, -0.15) is 5.10 Å². The average molecular weight is 221 g/mol. The standard InChI is InChI=1S/C11H15N3O2/c15-11(16)8-3-5-9(6-4-8)13-10-2-1-7-12-14-10/h1-2,7-9H,3-6H2,(H,13,14)(H,15,16). The van der Waals surface area contributed by atoms with Crippen molar-refractivity contribution in [2.24, 2.45) is 5.92 Å². The lowest BCUT2D eigenvalue weighted by atomic mass is 9.86. The zero-order chi connectivity index (χ0) is 11.4. The number of rotatable bonds is 3. The van der Waals surface area contributed by atoms with Crippen LogP contribution < -0.4 is 5.32 Å². The predicted octanol–water partition coefficient (Wildman–Crippen LogP) is 1.53. The minimum Gasteiger partial charge on any atom is -0.481 e. The zero-order valence-electron chi connectivity index (χ0n) is 8.97. The van der Waals surface area contributed by atoms with Crippen LogP contribution in [-0.4, -0.2) is 27.3 Å². The van der Waals surface area contributed by atoms with E-state index in [1.54, 1.807) is 6.20 Å². The number of nitrogens with one attached hydrogen (secondary N) is 1. The zero-order valence-corrected chi connectivity index (χ0v) is 8.97. The molecule has 0 unspecified atom stereocenters. The van der Waals surface area contributed by atoms with Crippen LogP contribution in [0.4, 0.5) is 5.82 Å². The highest BCUT2D eigenvalue weighted by Gasteiger charge is 2.25. The molecule has 0 saturated heterocycles. The van der Waals surface area contributed by atoms with Crippen LogP contribution in [0.5, 0.6) is 0 Å². The highest BCUT2D eigenvalue weighted by Crippen LogP contribution is 2.26. The summed E-state index contributed by atoms with van der Waals surface area (Å²) in [6.45, 7) is 0. The van der Waals surface area contributed by atoms with Crippen LogP contribution in [0, 0.1) is 5.92 Å². The van der Waals surface area contributed by atoms with Gasteiger partial charge >= 0.3 is 5.97 Å². The van der Waals surface area contributed by atoms with E-state index in [0.29, 0.717) is 6.04 Å². The van der Waals surface area contributed by atoms with E-state index in [2.05, 4.69) is 15.5 Å². The lowest BCUT2D eigenvalue weighted by Crippen LogP contribution is -2.29. The maximum Gasteiger partial charge on any atom is 0.306 e. The number of carboxylic acid groups (broad SMARTS) is 1. The van der Waals surface area contributed by atoms with Crippen molar-refractivity contribution in [3.05, 3.63) is 18.3 Å². The summed E-state index contributed by atoms with van der Waals surface area (Å²) in [5.74, 6) is -0.0702. The molecule has 2 rings (SSSR count). The second-order valence-electron chi connectivity index (χ2n) is 4.14. The Labute approximate surface area is 93.9 Å². The maximum absolute atomic E-state index is 10.8. The van der Waals surface area contributed by atoms with Crippen LogP contribution in [0.2, 0.25) is 0 Å². The minimum absolute atomic E-state index is 0.167. The molecule has 0 aliphatic heterocycles. The van der Waals surface area contributed by atoms with Crippen LogP contribution in [0.15, 0.2) is 18.3 Å². The Morgan fingerprint density at radius 1 is 1.38 bits per heavy atom. The van der Waals surface area contributed by atoms with E-state index in [1.165, 1.54) is 0 Å². The lowest BCUT2D eigenvalue weighted by Gasteiger charge is -2.26. The average Bonchev–Trinajstić information content (AvgIpc) is 2.31. The quantitative estimate of drug-likeness (QED) is 0.809. The Morgan fingerprint density at radius 3 is 2.69 bits per heavy atom. The topological polar surface area (TPSA) is 75.1 Å². The summed E-state index contributed by atoms with van der Waals surface area (Å²) in [5, 5.41) is 19.9. The van der Waals surface area contributed by atoms with Gasteiger partial charge in [0.1, 0.15) is 5.82 Å². The van der Waals surface area contributed by atoms with Crippen LogP contribution in [0.1, 0.15) is 25.7 Å². The first-order chi connectivity index (χ1) is 7.75. The Hall–Kier alpha value is -1.65. The van der Waals surface area contributed by atoms with Gasteiger partial charge in [-0.25, -0.2) is 0 Å². The Bertz CT molecular complexity index is 348. The number of carbonyl (C=O) groups is 1. The van der Waals surface area contributed by atoms with Gasteiger partial charge in [-0.3, -0.25) is 4.79 Å². The summed E-state index contributed by atoms with van der Waals surface area (Å²) in [5.41, 5.74) is 0. The van der Waals surface area contributed by atoms with Gasteiger partial charge in [0.25, 0.3) is 0 Å². The predicted molar refractivity (Wildman–Crippen MR) is 59.0 cm³/mol. The number of carboxylic acids is 1. The molecule has 86 valence electrons. The van der Waals surface area contributed by atoms with Crippen LogP contribution in [0.25, 0.3) is 0 Å². The highest BCUT2D eigenvalue weighted by molar-refractivity contribution is 5.70. The Morgan fingerprint density at radius 2 is 2.12 bits per heavy atom. The maximum atomic E-state index is 10.8. The molecular formula is C11H15N3O2. The molecule has 0 atom stereocenters. The molecule has 1 aliphatic carbocycles. The summed E-state index contributed by atoms with van der Waals surface area (Å²) in [4.78, 5) is 10.8. The molecular weight excluding hydrogens is 206 g/mol. The van der Waals surface area contributed by atoms with Crippen molar-refractivity contribution >= 4 is 11.8 Å². The number of aromatic nitrogens is 2. The first-order valence-electron chi connectivity index (χ1n) is 5.53. The van der Waals surface area contributed by atoms with E-state index >= 15 is 0 Å². The molecule has 2 N–H and O–H groups in total. The van der Waals surface area contributed by atoms with Gasteiger partial charge in [-0.1, -0.05) is 0 Å². The third-order valence-corrected chi connectivity index (χ3v) is 3.00. The molecule has 16 heavy (non-hydrogen) atoms. The minimum atomic E-state index is -0.669. The lowest BCUT2D eigenvalue weighted by molar-refractivity contribution is -0.142. The van der Waals surface area contributed by atoms with Gasteiger partial charge in [0.05, 0.1) is 5.92 Å². The first-order valence-corrected chi connectivity index (χ1v) is 5.53. The van der Waals surface area contributed by atoms with E-state index in [-0.39, 0.29) is 5.92 Å². The second-order valence-corrected chi connectivity index (χ2v) is 4.14. The molecule has 1 aliphatic rings. The fourth-order valence-electron chi connectivity index (χ4n) is 2.07. The van der Waals surface area contributed by atoms with Gasteiger partial charge in [-0.05, 0) is 37.8 Å². The summed E-state index contributed by atoms with van der Waals surface area (Å²) in [7, 11) is 0. The van der Waals surface area contributed by atoms with Crippen molar-refractivity contribution < 1.29 is 9.90 Å². The van der Waals surface area contributed by atoms with Crippen molar-refractivity contribution in [2.45, 2.75) is 31.7 Å². The van der Waals surface area contributed by atoms with Gasteiger partial charge < -0.3 is 10.4 Å². The summed E-state index contributed by atoms with van der Waals surface area (Å²) in [6.07, 6.45) is 4.88. The molecule has 0 radical (unpaired) electrons. The Balaban J connectivity index is 1.84. The van der Waals surface area contributed by atoms with Gasteiger partial charge in [0.2, 0.25) is 0 Å². The molecule has 0 spiro atoms. The number of aliphatic carboxylic acids is 1. The monoisotopic (exact) mass is 221 g/mol. The largest absolute Gasteiger partial charge is 0.481 e. The van der Waals surface area contributed by atoms with Crippen molar-refractivity contribution in [3.63, 3.8) is 0 Å². The third-order valence-electron chi connectivity index (χ3n) is 3.00. The van der Waals surface area contributed by atoms with Crippen LogP contribution >= 0.6 is 0 Å². The summed E-state index contributed by atoms with van der Waals surface area (Å²) in [6, 6.07) is 4.03. The summed E-state index contributed by atoms with van der Waals surface area (Å²) >= 11 is 0. The molecule has 5 nitrogen and oxygen atoms in total. The molecule has 0 aromatic carbocycles. The first kappa shape index (κ1) is 10.9. The third kappa shape index (κ3) is 2.68. The number of hydrogen-bond acceptors (Lipinski definition) is 4. The molecule has 1 aromatic heterocycles. The fourth-order valence-corrected chi connectivity index (χ4v) is 2.07. The molecule has 1 saturated carbocycles. The molecule has 1 heterocycles. The molecule has 1 aromatic rings. The van der Waals surface area contributed by atoms with Crippen molar-refractivity contribution in [2.75, 3.05) is 5.32 Å². The molecule has 0 bridgehead atoms. The van der Waals surface area contributed by atoms with Crippen LogP contribution in [0.3, 0.4) is 0 Å². The molecule has 1 fully saturated rings. The second kappa shape index (κ2) is 4.92. The normalized spacial score (nSPS) is 25.0. The highest BCUT2D eigenvalue weighted by atomic mass is 16.4. The van der Waals surface area contributed by atoms with E-state index in [9.17, 15) is 4.79 Å². The Kier molecular flexibility index (Phi) is 3.34. The van der Waals surface area contributed by atoms with Gasteiger partial charge in [-0.15, -0.1) is 5.10 Å². The fraction of sp³-hybridized carbons (Fsp3) is 0.545. The SMILES string of the molecule is O=C(O)C1CCC(Nc2cccnn2)CC1. The van der Waals surface area contributed by atoms with Gasteiger partial charge in [0, 0.05) is 12.2 Å². The number of nitrogens with zero attached hydrogens (tertiary/aromatic N) is 2. The molecule has 5 heteroatoms. The summed E-state index contributed by atoms with van der Waals surface area (Å²) < 4.78 is 0. The van der Waals surface area contributed by atoms with Gasteiger partial charge in [0.15, 0.2) is 0 Å².